The predicted molar refractivity (Wildman–Crippen MR) is 39.9 cm³/mol. The SMILES string of the molecule is NC(=S)OO.NC(O)=S. The molecule has 0 bridgehead atoms. The van der Waals surface area contributed by atoms with E-state index in [1.807, 2.05) is 0 Å². The van der Waals surface area contributed by atoms with Crippen molar-refractivity contribution in [3.63, 3.8) is 0 Å². The molecule has 5 nitrogen and oxygen atoms in total. The zero-order chi connectivity index (χ0) is 7.86. The Morgan fingerprint density at radius 2 is 1.44 bits per heavy atom. The molecule has 0 aliphatic heterocycles. The second-order valence-electron chi connectivity index (χ2n) is 0.749. The number of thiocarbonyl (C=S) groups is 2. The molecule has 0 unspecified atom stereocenters. The molecule has 9 heavy (non-hydrogen) atoms. The van der Waals surface area contributed by atoms with E-state index < -0.39 is 5.17 Å². The zero-order valence-corrected chi connectivity index (χ0v) is 5.91. The van der Waals surface area contributed by atoms with Crippen LogP contribution >= 0.6 is 24.4 Å². The fourth-order valence-corrected chi connectivity index (χ4v) is 0. The van der Waals surface area contributed by atoms with Crippen LogP contribution in [0.25, 0.3) is 0 Å². The number of aliphatic hydroxyl groups is 1. The van der Waals surface area contributed by atoms with Gasteiger partial charge < -0.3 is 21.5 Å². The van der Waals surface area contributed by atoms with Gasteiger partial charge in [-0.05, 0) is 24.4 Å². The van der Waals surface area contributed by atoms with Crippen LogP contribution in [0.2, 0.25) is 0 Å². The fraction of sp³-hybridized carbons (Fsp3) is 0. The van der Waals surface area contributed by atoms with Crippen LogP contribution in [0.3, 0.4) is 0 Å². The molecule has 0 amide bonds. The summed E-state index contributed by atoms with van der Waals surface area (Å²) < 4.78 is 0. The first-order chi connectivity index (χ1) is 4.00. The summed E-state index contributed by atoms with van der Waals surface area (Å²) in [5.74, 6) is 0. The van der Waals surface area contributed by atoms with Crippen molar-refractivity contribution in [1.29, 1.82) is 0 Å². The predicted octanol–water partition coefficient (Wildman–Crippen LogP) is -0.492. The summed E-state index contributed by atoms with van der Waals surface area (Å²) >= 11 is 7.87. The lowest BCUT2D eigenvalue weighted by Gasteiger charge is -1.81. The Labute approximate surface area is 62.1 Å². The van der Waals surface area contributed by atoms with Crippen molar-refractivity contribution in [1.82, 2.24) is 0 Å². The number of hydrogen-bond donors (Lipinski definition) is 4. The van der Waals surface area contributed by atoms with Gasteiger partial charge in [-0.25, -0.2) is 5.26 Å². The van der Waals surface area contributed by atoms with Crippen LogP contribution in [0.4, 0.5) is 0 Å². The number of nitrogens with two attached hydrogens (primary N) is 2. The van der Waals surface area contributed by atoms with Gasteiger partial charge in [-0.1, -0.05) is 0 Å². The largest absolute Gasteiger partial charge is 0.487 e. The summed E-state index contributed by atoms with van der Waals surface area (Å²) in [4.78, 5) is 3.26. The molecule has 0 aliphatic rings. The van der Waals surface area contributed by atoms with E-state index in [1.54, 1.807) is 0 Å². The van der Waals surface area contributed by atoms with Crippen LogP contribution in [0, 0.1) is 0 Å². The first kappa shape index (κ1) is 11.2. The van der Waals surface area contributed by atoms with Crippen LogP contribution < -0.4 is 11.5 Å². The van der Waals surface area contributed by atoms with Gasteiger partial charge in [-0.3, -0.25) is 0 Å². The monoisotopic (exact) mass is 170 g/mol. The minimum Gasteiger partial charge on any atom is -0.487 e. The lowest BCUT2D eigenvalue weighted by molar-refractivity contribution is -0.152. The second-order valence-corrected chi connectivity index (χ2v) is 1.57. The van der Waals surface area contributed by atoms with E-state index in [1.165, 1.54) is 0 Å². The van der Waals surface area contributed by atoms with Gasteiger partial charge in [-0.15, -0.1) is 0 Å². The molecule has 0 radical (unpaired) electrons. The van der Waals surface area contributed by atoms with Crippen LogP contribution in [-0.4, -0.2) is 20.7 Å². The maximum absolute atomic E-state index is 7.56. The maximum atomic E-state index is 7.56. The molecular weight excluding hydrogens is 164 g/mol. The van der Waals surface area contributed by atoms with Gasteiger partial charge in [0.1, 0.15) is 0 Å². The summed E-state index contributed by atoms with van der Waals surface area (Å²) in [6.07, 6.45) is 0. The molecule has 0 saturated heterocycles. The Morgan fingerprint density at radius 3 is 1.44 bits per heavy atom. The summed E-state index contributed by atoms with van der Waals surface area (Å²) in [6, 6.07) is 0. The Hall–Kier alpha value is -0.660. The molecule has 0 fully saturated rings. The van der Waals surface area contributed by atoms with E-state index in [0.29, 0.717) is 0 Å². The Morgan fingerprint density at radius 1 is 1.33 bits per heavy atom. The first-order valence-corrected chi connectivity index (χ1v) is 2.41. The average Bonchev–Trinajstić information content (AvgIpc) is 1.65. The van der Waals surface area contributed by atoms with Crippen molar-refractivity contribution in [2.45, 2.75) is 0 Å². The molecular formula is C2H6N2O3S2. The highest BCUT2D eigenvalue weighted by Gasteiger charge is 1.72. The Balaban J connectivity index is 0. The van der Waals surface area contributed by atoms with Gasteiger partial charge in [0.15, 0.2) is 0 Å². The molecule has 0 aromatic carbocycles. The van der Waals surface area contributed by atoms with E-state index in [0.717, 1.165) is 0 Å². The van der Waals surface area contributed by atoms with Crippen LogP contribution in [0.5, 0.6) is 0 Å². The molecule has 0 aromatic rings. The third-order valence-corrected chi connectivity index (χ3v) is 0.165. The topological polar surface area (TPSA) is 102 Å². The standard InChI is InChI=1S/CH3NO2S.CH3NOS/c2-1(5)4-3;2-1(3)4/h3H,(H2,2,5);(H3,2,3,4). The van der Waals surface area contributed by atoms with E-state index >= 15 is 0 Å². The molecule has 6 N–H and O–H groups in total. The molecule has 0 heterocycles. The summed E-state index contributed by atoms with van der Waals surface area (Å²) in [7, 11) is 0. The van der Waals surface area contributed by atoms with E-state index in [4.69, 9.17) is 10.4 Å². The van der Waals surface area contributed by atoms with Crippen molar-refractivity contribution in [2.75, 3.05) is 0 Å². The highest BCUT2D eigenvalue weighted by atomic mass is 32.1. The summed E-state index contributed by atoms with van der Waals surface area (Å²) in [5, 5.41) is 14.1. The molecule has 54 valence electrons. The van der Waals surface area contributed by atoms with Crippen molar-refractivity contribution >= 4 is 34.8 Å². The van der Waals surface area contributed by atoms with Gasteiger partial charge in [0, 0.05) is 0 Å². The Kier molecular flexibility index (Phi) is 9.12. The van der Waals surface area contributed by atoms with Crippen molar-refractivity contribution in [3.8, 4) is 0 Å². The Bertz CT molecular complexity index is 102. The van der Waals surface area contributed by atoms with Gasteiger partial charge in [0.2, 0.25) is 0 Å². The van der Waals surface area contributed by atoms with Gasteiger partial charge >= 0.3 is 0 Å². The van der Waals surface area contributed by atoms with Crippen molar-refractivity contribution < 1.29 is 15.3 Å². The normalized spacial score (nSPS) is 6.33. The number of rotatable bonds is 0. The minimum absolute atomic E-state index is 0.356. The van der Waals surface area contributed by atoms with Crippen LogP contribution in [-0.2, 0) is 4.89 Å². The third kappa shape index (κ3) is 117. The molecule has 0 aromatic heterocycles. The number of hydrogen-bond acceptors (Lipinski definition) is 4. The fourth-order valence-electron chi connectivity index (χ4n) is 0. The lowest BCUT2D eigenvalue weighted by Crippen LogP contribution is -2.08. The minimum atomic E-state index is -0.500. The molecule has 0 aliphatic carbocycles. The molecule has 0 saturated carbocycles. The van der Waals surface area contributed by atoms with E-state index in [2.05, 4.69) is 40.8 Å². The van der Waals surface area contributed by atoms with Gasteiger partial charge in [0.25, 0.3) is 10.3 Å². The molecule has 0 atom stereocenters. The van der Waals surface area contributed by atoms with E-state index in [-0.39, 0.29) is 5.17 Å². The zero-order valence-electron chi connectivity index (χ0n) is 4.27. The first-order valence-electron chi connectivity index (χ1n) is 1.60. The molecule has 0 rings (SSSR count). The maximum Gasteiger partial charge on any atom is 0.293 e. The quantitative estimate of drug-likeness (QED) is 0.221. The van der Waals surface area contributed by atoms with Gasteiger partial charge in [0.05, 0.1) is 0 Å². The smallest absolute Gasteiger partial charge is 0.293 e. The number of aliphatic hydroxyl groups excluding tert-OH is 1. The van der Waals surface area contributed by atoms with Crippen molar-refractivity contribution in [3.05, 3.63) is 0 Å². The summed E-state index contributed by atoms with van der Waals surface area (Å²) in [5.41, 5.74) is 8.95. The third-order valence-electron chi connectivity index (χ3n) is 0.0900. The molecule has 7 heteroatoms. The summed E-state index contributed by atoms with van der Waals surface area (Å²) in [6.45, 7) is 0. The van der Waals surface area contributed by atoms with Gasteiger partial charge in [-0.2, -0.15) is 0 Å². The lowest BCUT2D eigenvalue weighted by atomic mass is 11.4. The van der Waals surface area contributed by atoms with Crippen molar-refractivity contribution in [2.24, 2.45) is 11.5 Å². The van der Waals surface area contributed by atoms with Crippen LogP contribution in [0.15, 0.2) is 0 Å². The van der Waals surface area contributed by atoms with Crippen LogP contribution in [0.1, 0.15) is 0 Å². The average molecular weight is 170 g/mol. The second kappa shape index (κ2) is 7.34. The molecule has 0 spiro atoms. The highest BCUT2D eigenvalue weighted by Crippen LogP contribution is 1.57. The van der Waals surface area contributed by atoms with E-state index in [9.17, 15) is 0 Å². The highest BCUT2D eigenvalue weighted by molar-refractivity contribution is 7.80.